The van der Waals surface area contributed by atoms with E-state index in [1.807, 2.05) is 0 Å². The van der Waals surface area contributed by atoms with Gasteiger partial charge < -0.3 is 5.11 Å². The Morgan fingerprint density at radius 2 is 2.43 bits per heavy atom. The van der Waals surface area contributed by atoms with E-state index in [1.165, 1.54) is 12.0 Å². The van der Waals surface area contributed by atoms with Crippen LogP contribution in [0.15, 0.2) is 11.6 Å². The van der Waals surface area contributed by atoms with Crippen molar-refractivity contribution in [2.75, 3.05) is 6.61 Å². The van der Waals surface area contributed by atoms with Crippen LogP contribution in [0.2, 0.25) is 0 Å². The number of nitrogens with two attached hydrogens (primary N) is 1. The van der Waals surface area contributed by atoms with Crippen LogP contribution >= 0.6 is 0 Å². The number of rotatable bonds is 4. The molecule has 0 aromatic carbocycles. The molecular weight excluding hydrogens is 180 g/mol. The lowest BCUT2D eigenvalue weighted by molar-refractivity contribution is -0.122. The number of hydrogen-bond donors (Lipinski definition) is 3. The molecule has 1 unspecified atom stereocenters. The molecule has 14 heavy (non-hydrogen) atoms. The zero-order chi connectivity index (χ0) is 10.4. The molecular formula is C10H18N2O2. The molecule has 4 heteroatoms. The van der Waals surface area contributed by atoms with Crippen LogP contribution in [0.5, 0.6) is 0 Å². The van der Waals surface area contributed by atoms with E-state index in [0.29, 0.717) is 6.42 Å². The highest BCUT2D eigenvalue weighted by Crippen LogP contribution is 2.25. The maximum atomic E-state index is 11.0. The Labute approximate surface area is 84.1 Å². The summed E-state index contributed by atoms with van der Waals surface area (Å²) in [7, 11) is 0. The van der Waals surface area contributed by atoms with E-state index in [4.69, 9.17) is 10.9 Å². The monoisotopic (exact) mass is 198 g/mol. The molecule has 0 spiro atoms. The van der Waals surface area contributed by atoms with E-state index in [9.17, 15) is 4.79 Å². The smallest absolute Gasteiger partial charge is 0.234 e. The van der Waals surface area contributed by atoms with Gasteiger partial charge in [0, 0.05) is 12.3 Å². The summed E-state index contributed by atoms with van der Waals surface area (Å²) in [5, 5.41) is 9.16. The van der Waals surface area contributed by atoms with E-state index < -0.39 is 0 Å². The minimum atomic E-state index is -0.212. The molecule has 1 aliphatic rings. The van der Waals surface area contributed by atoms with Gasteiger partial charge in [0.15, 0.2) is 0 Å². The number of hydrogen-bond acceptors (Lipinski definition) is 3. The van der Waals surface area contributed by atoms with E-state index >= 15 is 0 Å². The second kappa shape index (κ2) is 5.78. The van der Waals surface area contributed by atoms with Crippen molar-refractivity contribution in [1.82, 2.24) is 5.43 Å². The van der Waals surface area contributed by atoms with Crippen LogP contribution in [0.4, 0.5) is 0 Å². The molecule has 1 amide bonds. The van der Waals surface area contributed by atoms with Gasteiger partial charge in [-0.15, -0.1) is 0 Å². The first-order valence-electron chi connectivity index (χ1n) is 5.07. The first-order chi connectivity index (χ1) is 6.77. The van der Waals surface area contributed by atoms with Gasteiger partial charge in [0.1, 0.15) is 0 Å². The summed E-state index contributed by atoms with van der Waals surface area (Å²) in [5.41, 5.74) is 3.30. The van der Waals surface area contributed by atoms with Gasteiger partial charge in [-0.05, 0) is 25.7 Å². The quantitative estimate of drug-likeness (QED) is 0.266. The van der Waals surface area contributed by atoms with Gasteiger partial charge >= 0.3 is 0 Å². The van der Waals surface area contributed by atoms with Crippen molar-refractivity contribution in [1.29, 1.82) is 0 Å². The molecule has 0 heterocycles. The summed E-state index contributed by atoms with van der Waals surface area (Å²) >= 11 is 0. The molecule has 0 fully saturated rings. The molecule has 0 aromatic heterocycles. The molecule has 1 aliphatic carbocycles. The zero-order valence-electron chi connectivity index (χ0n) is 8.33. The van der Waals surface area contributed by atoms with Crippen molar-refractivity contribution in [2.45, 2.75) is 32.1 Å². The third kappa shape index (κ3) is 3.12. The maximum Gasteiger partial charge on any atom is 0.234 e. The highest BCUT2D eigenvalue weighted by molar-refractivity contribution is 5.75. The van der Waals surface area contributed by atoms with E-state index in [1.54, 1.807) is 0 Å². The zero-order valence-corrected chi connectivity index (χ0v) is 8.33. The highest BCUT2D eigenvalue weighted by Gasteiger charge is 2.18. The fraction of sp³-hybridized carbons (Fsp3) is 0.700. The van der Waals surface area contributed by atoms with Crippen LogP contribution in [0.1, 0.15) is 32.1 Å². The number of aliphatic hydroxyl groups excluding tert-OH is 1. The largest absolute Gasteiger partial charge is 0.396 e. The van der Waals surface area contributed by atoms with Gasteiger partial charge in [0.25, 0.3) is 0 Å². The van der Waals surface area contributed by atoms with E-state index in [-0.39, 0.29) is 18.4 Å². The predicted octanol–water partition coefficient (Wildman–Crippen LogP) is 0.475. The number of aliphatic hydroxyl groups is 1. The lowest BCUT2D eigenvalue weighted by atomic mass is 9.87. The Morgan fingerprint density at radius 3 is 2.93 bits per heavy atom. The number of carbonyl (C=O) groups is 1. The third-order valence-electron chi connectivity index (χ3n) is 2.66. The predicted molar refractivity (Wildman–Crippen MR) is 54.1 cm³/mol. The van der Waals surface area contributed by atoms with E-state index in [0.717, 1.165) is 19.3 Å². The number of carbonyl (C=O) groups excluding carboxylic acids is 1. The summed E-state index contributed by atoms with van der Waals surface area (Å²) in [5.74, 6) is 4.75. The molecule has 0 aliphatic heterocycles. The number of amides is 1. The highest BCUT2D eigenvalue weighted by atomic mass is 16.3. The Hall–Kier alpha value is -0.870. The Kier molecular flexibility index (Phi) is 4.62. The van der Waals surface area contributed by atoms with Crippen LogP contribution < -0.4 is 11.3 Å². The first kappa shape index (κ1) is 11.2. The second-order valence-corrected chi connectivity index (χ2v) is 3.68. The molecule has 0 saturated heterocycles. The fourth-order valence-corrected chi connectivity index (χ4v) is 1.83. The van der Waals surface area contributed by atoms with Crippen LogP contribution in [0, 0.1) is 5.92 Å². The molecule has 80 valence electrons. The van der Waals surface area contributed by atoms with Crippen molar-refractivity contribution in [3.63, 3.8) is 0 Å². The maximum absolute atomic E-state index is 11.0. The molecule has 0 saturated carbocycles. The van der Waals surface area contributed by atoms with Crippen molar-refractivity contribution in [3.05, 3.63) is 11.6 Å². The lowest BCUT2D eigenvalue weighted by Crippen LogP contribution is -2.32. The second-order valence-electron chi connectivity index (χ2n) is 3.68. The van der Waals surface area contributed by atoms with Gasteiger partial charge in [-0.25, -0.2) is 5.84 Å². The standard InChI is InChI=1S/C10H18N2O2/c11-12-10(14)6-9(7-13)8-4-2-1-3-5-8/h4,9,13H,1-3,5-7,11H2,(H,12,14). The van der Waals surface area contributed by atoms with Crippen LogP contribution in [-0.2, 0) is 4.79 Å². The van der Waals surface area contributed by atoms with Crippen LogP contribution in [0.25, 0.3) is 0 Å². The average molecular weight is 198 g/mol. The van der Waals surface area contributed by atoms with Crippen molar-refractivity contribution in [3.8, 4) is 0 Å². The Morgan fingerprint density at radius 1 is 1.64 bits per heavy atom. The summed E-state index contributed by atoms with van der Waals surface area (Å²) in [6.07, 6.45) is 6.88. The Balaban J connectivity index is 2.52. The van der Waals surface area contributed by atoms with Gasteiger partial charge in [-0.3, -0.25) is 10.2 Å². The normalized spacial score (nSPS) is 18.6. The molecule has 0 bridgehead atoms. The van der Waals surface area contributed by atoms with Gasteiger partial charge in [-0.2, -0.15) is 0 Å². The third-order valence-corrected chi connectivity index (χ3v) is 2.66. The molecule has 4 nitrogen and oxygen atoms in total. The van der Waals surface area contributed by atoms with Crippen molar-refractivity contribution in [2.24, 2.45) is 11.8 Å². The van der Waals surface area contributed by atoms with Crippen LogP contribution in [-0.4, -0.2) is 17.6 Å². The number of hydrazine groups is 1. The molecule has 0 aromatic rings. The summed E-state index contributed by atoms with van der Waals surface area (Å²) < 4.78 is 0. The van der Waals surface area contributed by atoms with Gasteiger partial charge in [0.05, 0.1) is 6.61 Å². The van der Waals surface area contributed by atoms with Gasteiger partial charge in [-0.1, -0.05) is 11.6 Å². The topological polar surface area (TPSA) is 75.3 Å². The van der Waals surface area contributed by atoms with Crippen LogP contribution in [0.3, 0.4) is 0 Å². The summed E-state index contributed by atoms with van der Waals surface area (Å²) in [6.45, 7) is 0.0270. The van der Waals surface area contributed by atoms with E-state index in [2.05, 4.69) is 11.5 Å². The lowest BCUT2D eigenvalue weighted by Gasteiger charge is -2.20. The average Bonchev–Trinajstić information content (AvgIpc) is 2.26. The number of allylic oxidation sites excluding steroid dienone is 1. The van der Waals surface area contributed by atoms with Gasteiger partial charge in [0.2, 0.25) is 5.91 Å². The summed E-state index contributed by atoms with van der Waals surface area (Å²) in [6, 6.07) is 0. The van der Waals surface area contributed by atoms with Crippen molar-refractivity contribution >= 4 is 5.91 Å². The summed E-state index contributed by atoms with van der Waals surface area (Å²) in [4.78, 5) is 11.0. The molecule has 4 N–H and O–H groups in total. The van der Waals surface area contributed by atoms with Crippen molar-refractivity contribution < 1.29 is 9.90 Å². The fourth-order valence-electron chi connectivity index (χ4n) is 1.83. The molecule has 1 rings (SSSR count). The Bertz CT molecular complexity index is 226. The number of nitrogens with one attached hydrogen (secondary N) is 1. The molecule has 0 radical (unpaired) electrons. The first-order valence-corrected chi connectivity index (χ1v) is 5.07. The minimum absolute atomic E-state index is 0.0270. The minimum Gasteiger partial charge on any atom is -0.396 e. The molecule has 1 atom stereocenters. The SMILES string of the molecule is NNC(=O)CC(CO)C1=CCCCC1.